The smallest absolute Gasteiger partial charge is 0.246 e. The highest BCUT2D eigenvalue weighted by molar-refractivity contribution is 5.99. The number of carbonyl (C=O) groups excluding carboxylic acids is 8. The van der Waals surface area contributed by atoms with E-state index < -0.39 is 102 Å². The Hall–Kier alpha value is -7.35. The van der Waals surface area contributed by atoms with Crippen LogP contribution in [-0.2, 0) is 57.6 Å². The summed E-state index contributed by atoms with van der Waals surface area (Å²) in [5.74, 6) is -5.45. The van der Waals surface area contributed by atoms with Gasteiger partial charge in [-0.05, 0) is 62.1 Å². The van der Waals surface area contributed by atoms with Crippen LogP contribution < -0.4 is 49.1 Å². The first-order valence-corrected chi connectivity index (χ1v) is 23.5. The number of hydrogen-bond acceptors (Lipinski definition) is 10. The van der Waals surface area contributed by atoms with E-state index >= 15 is 0 Å². The zero-order valence-corrected chi connectivity index (χ0v) is 38.8. The van der Waals surface area contributed by atoms with Crippen molar-refractivity contribution >= 4 is 53.2 Å². The average molecular weight is 949 g/mol. The van der Waals surface area contributed by atoms with Crippen LogP contribution in [0.3, 0.4) is 0 Å². The van der Waals surface area contributed by atoms with Gasteiger partial charge in [0.1, 0.15) is 48.3 Å². The maximum atomic E-state index is 14.6. The molecule has 20 nitrogen and oxygen atoms in total. The number of nitrogens with one attached hydrogen (secondary N) is 6. The summed E-state index contributed by atoms with van der Waals surface area (Å²) in [5.41, 5.74) is 19.2. The highest BCUT2D eigenvalue weighted by Gasteiger charge is 2.44. The van der Waals surface area contributed by atoms with Crippen molar-refractivity contribution in [2.75, 3.05) is 26.2 Å². The second kappa shape index (κ2) is 24.6. The molecule has 8 atom stereocenters. The molecule has 3 aromatic rings. The molecule has 3 saturated heterocycles. The topological polar surface area (TPSA) is 306 Å². The molecule has 368 valence electrons. The largest absolute Gasteiger partial charge is 0.370 e. The first kappa shape index (κ1) is 51.0. The fraction of sp³-hybridized carbons (Fsp3) is 0.449. The van der Waals surface area contributed by atoms with Crippen LogP contribution in [0, 0.1) is 0 Å². The zero-order chi connectivity index (χ0) is 49.5. The minimum atomic E-state index is -1.37. The van der Waals surface area contributed by atoms with Gasteiger partial charge in [-0.3, -0.25) is 43.3 Å². The van der Waals surface area contributed by atoms with Crippen LogP contribution in [0.1, 0.15) is 62.1 Å². The van der Waals surface area contributed by atoms with E-state index in [0.717, 1.165) is 5.56 Å². The Labute approximate surface area is 401 Å². The SMILES string of the molecule is C[C@@H]1NC(=O)[C@H](CN)NC(=O)[C@H](Cc2ccccc2)NC(=O)[C@@H](Cc2ccccc2)NC(=O)[C@@H](CCCN=C(N)N)NC(=O)[C@@H]2CCCN2C(=O)[C@H]2CCCN2C(=O)[C@H](Cc2ccccc2)NC1=O. The minimum absolute atomic E-state index is 0.0196. The fourth-order valence-corrected chi connectivity index (χ4v) is 8.91. The highest BCUT2D eigenvalue weighted by atomic mass is 16.2. The lowest BCUT2D eigenvalue weighted by atomic mass is 10.0. The number of hydrogen-bond donors (Lipinski definition) is 9. The molecule has 6 rings (SSSR count). The van der Waals surface area contributed by atoms with E-state index in [4.69, 9.17) is 17.2 Å². The Balaban J connectivity index is 1.37. The third-order valence-corrected chi connectivity index (χ3v) is 12.6. The van der Waals surface area contributed by atoms with E-state index in [0.29, 0.717) is 30.4 Å². The molecule has 0 bridgehead atoms. The first-order valence-electron chi connectivity index (χ1n) is 23.5. The molecule has 0 unspecified atom stereocenters. The van der Waals surface area contributed by atoms with Crippen molar-refractivity contribution in [1.82, 2.24) is 41.7 Å². The summed E-state index contributed by atoms with van der Waals surface area (Å²) in [7, 11) is 0. The highest BCUT2D eigenvalue weighted by Crippen LogP contribution is 2.26. The third-order valence-electron chi connectivity index (χ3n) is 12.6. The van der Waals surface area contributed by atoms with Gasteiger partial charge < -0.3 is 58.9 Å². The lowest BCUT2D eigenvalue weighted by Crippen LogP contribution is -2.62. The standard InChI is InChI=1S/C49H64N12O8/c1-30-41(62)58-37(28-33-18-9-4-10-19-33)47(68)61-25-13-22-40(61)48(69)60-24-12-21-39(60)46(67)55-34(20-11-23-53-49(51)52)42(63)56-35(26-31-14-5-2-6-15-31)43(64)57-36(27-32-16-7-3-8-17-32)44(65)59-38(29-50)45(66)54-30/h2-10,14-19,30,34-40H,11-13,20-29,50H2,1H3,(H,54,66)(H,55,67)(H,56,63)(H,57,64)(H,58,62)(H,59,65)(H4,51,52,53)/t30-,34+,35+,36-,37-,38-,39-,40+/m0/s1. The molecular formula is C49H64N12O8. The molecule has 0 radical (unpaired) electrons. The summed E-state index contributed by atoms with van der Waals surface area (Å²) in [4.78, 5) is 121. The Bertz CT molecular complexity index is 2320. The van der Waals surface area contributed by atoms with Crippen molar-refractivity contribution in [3.05, 3.63) is 108 Å². The number of nitrogens with zero attached hydrogens (tertiary/aromatic N) is 3. The van der Waals surface area contributed by atoms with Gasteiger partial charge in [-0.15, -0.1) is 0 Å². The molecule has 0 aliphatic carbocycles. The molecule has 3 fully saturated rings. The van der Waals surface area contributed by atoms with Gasteiger partial charge >= 0.3 is 0 Å². The van der Waals surface area contributed by atoms with E-state index in [1.165, 1.54) is 16.7 Å². The summed E-state index contributed by atoms with van der Waals surface area (Å²) < 4.78 is 0. The van der Waals surface area contributed by atoms with E-state index in [1.807, 2.05) is 6.07 Å². The predicted octanol–water partition coefficient (Wildman–Crippen LogP) is -1.35. The molecule has 12 N–H and O–H groups in total. The van der Waals surface area contributed by atoms with E-state index in [9.17, 15) is 38.4 Å². The van der Waals surface area contributed by atoms with Crippen molar-refractivity contribution in [2.24, 2.45) is 22.2 Å². The number of amides is 8. The maximum absolute atomic E-state index is 14.6. The van der Waals surface area contributed by atoms with Crippen LogP contribution in [0.5, 0.6) is 0 Å². The van der Waals surface area contributed by atoms with Gasteiger partial charge in [0.15, 0.2) is 5.96 Å². The summed E-state index contributed by atoms with van der Waals surface area (Å²) in [6.45, 7) is 1.59. The monoisotopic (exact) mass is 948 g/mol. The fourth-order valence-electron chi connectivity index (χ4n) is 8.91. The first-order chi connectivity index (χ1) is 33.2. The van der Waals surface area contributed by atoms with Gasteiger partial charge in [-0.1, -0.05) is 91.0 Å². The number of fused-ring (bicyclic) bond motifs is 2. The quantitative estimate of drug-likeness (QED) is 0.0615. The zero-order valence-electron chi connectivity index (χ0n) is 38.8. The van der Waals surface area contributed by atoms with Crippen molar-refractivity contribution in [1.29, 1.82) is 0 Å². The minimum Gasteiger partial charge on any atom is -0.370 e. The molecule has 0 spiro atoms. The lowest BCUT2D eigenvalue weighted by Gasteiger charge is -2.33. The van der Waals surface area contributed by atoms with E-state index in [1.54, 1.807) is 84.9 Å². The number of guanidine groups is 1. The number of carbonyl (C=O) groups is 8. The summed E-state index contributed by atoms with van der Waals surface area (Å²) in [6.07, 6.45) is 1.85. The molecule has 69 heavy (non-hydrogen) atoms. The van der Waals surface area contributed by atoms with Crippen molar-refractivity contribution in [3.8, 4) is 0 Å². The molecular weight excluding hydrogens is 885 g/mol. The second-order valence-electron chi connectivity index (χ2n) is 17.7. The Kier molecular flexibility index (Phi) is 18.2. The van der Waals surface area contributed by atoms with Gasteiger partial charge in [0.25, 0.3) is 0 Å². The summed E-state index contributed by atoms with van der Waals surface area (Å²) in [5, 5.41) is 16.5. The van der Waals surface area contributed by atoms with Crippen LogP contribution in [0.25, 0.3) is 0 Å². The average Bonchev–Trinajstić information content (AvgIpc) is 4.05. The van der Waals surface area contributed by atoms with Gasteiger partial charge in [0.2, 0.25) is 47.3 Å². The Morgan fingerprint density at radius 3 is 1.45 bits per heavy atom. The van der Waals surface area contributed by atoms with Crippen LogP contribution in [-0.4, -0.2) is 138 Å². The maximum Gasteiger partial charge on any atom is 0.246 e. The molecule has 0 aromatic heterocycles. The molecule has 3 heterocycles. The van der Waals surface area contributed by atoms with Gasteiger partial charge in [-0.2, -0.15) is 0 Å². The van der Waals surface area contributed by atoms with Crippen LogP contribution in [0.4, 0.5) is 0 Å². The van der Waals surface area contributed by atoms with Gasteiger partial charge in [0.05, 0.1) is 0 Å². The molecule has 3 aliphatic heterocycles. The molecule has 8 amide bonds. The van der Waals surface area contributed by atoms with Gasteiger partial charge in [-0.25, -0.2) is 0 Å². The van der Waals surface area contributed by atoms with E-state index in [2.05, 4.69) is 36.9 Å². The number of nitrogens with two attached hydrogens (primary N) is 3. The molecule has 3 aliphatic rings. The van der Waals surface area contributed by atoms with Crippen LogP contribution in [0.15, 0.2) is 96.0 Å². The Morgan fingerprint density at radius 1 is 0.522 bits per heavy atom. The van der Waals surface area contributed by atoms with Crippen molar-refractivity contribution in [2.45, 2.75) is 113 Å². The van der Waals surface area contributed by atoms with Crippen LogP contribution in [0.2, 0.25) is 0 Å². The normalized spacial score (nSPS) is 25.7. The van der Waals surface area contributed by atoms with E-state index in [-0.39, 0.29) is 64.1 Å². The van der Waals surface area contributed by atoms with Crippen LogP contribution >= 0.6 is 0 Å². The second-order valence-corrected chi connectivity index (χ2v) is 17.7. The summed E-state index contributed by atoms with van der Waals surface area (Å²) in [6, 6.07) is 17.2. The molecule has 3 aromatic carbocycles. The number of rotatable bonds is 11. The predicted molar refractivity (Wildman–Crippen MR) is 256 cm³/mol. The summed E-state index contributed by atoms with van der Waals surface area (Å²) >= 11 is 0. The van der Waals surface area contributed by atoms with Gasteiger partial charge in [0, 0.05) is 45.4 Å². The Morgan fingerprint density at radius 2 is 0.942 bits per heavy atom. The molecule has 0 saturated carbocycles. The number of benzene rings is 3. The lowest BCUT2D eigenvalue weighted by molar-refractivity contribution is -0.148. The van der Waals surface area contributed by atoms with Crippen molar-refractivity contribution in [3.63, 3.8) is 0 Å². The third kappa shape index (κ3) is 14.1. The van der Waals surface area contributed by atoms with Crippen molar-refractivity contribution < 1.29 is 38.4 Å². The number of aliphatic imine (C=N–C) groups is 1. The molecule has 20 heteroatoms.